The number of hydrogen-bond acceptors (Lipinski definition) is 3. The van der Waals surface area contributed by atoms with Crippen LogP contribution in [0.5, 0.6) is 5.75 Å². The molecule has 0 unspecified atom stereocenters. The second-order valence-electron chi connectivity index (χ2n) is 4.24. The highest BCUT2D eigenvalue weighted by atomic mass is 35.5. The van der Waals surface area contributed by atoms with Gasteiger partial charge >= 0.3 is 0 Å². The van der Waals surface area contributed by atoms with Crippen molar-refractivity contribution >= 4 is 12.4 Å². The average Bonchev–Trinajstić information content (AvgIpc) is 2.20. The SMILES string of the molecule is CC(C)C[C@H](N)c1cc(C#N)cc(F)c1O.Cl. The largest absolute Gasteiger partial charge is 0.505 e. The Hall–Kier alpha value is -1.31. The molecule has 0 heterocycles. The summed E-state index contributed by atoms with van der Waals surface area (Å²) < 4.78 is 13.3. The van der Waals surface area contributed by atoms with Crippen molar-refractivity contribution in [3.63, 3.8) is 0 Å². The number of hydrogen-bond donors (Lipinski definition) is 2. The number of rotatable bonds is 3. The van der Waals surface area contributed by atoms with Gasteiger partial charge < -0.3 is 10.8 Å². The molecular formula is C12H16ClFN2O. The van der Waals surface area contributed by atoms with Crippen LogP contribution in [0.2, 0.25) is 0 Å². The lowest BCUT2D eigenvalue weighted by Crippen LogP contribution is -2.13. The molecule has 0 bridgehead atoms. The summed E-state index contributed by atoms with van der Waals surface area (Å²) >= 11 is 0. The molecule has 0 aliphatic carbocycles. The third kappa shape index (κ3) is 3.88. The van der Waals surface area contributed by atoms with E-state index in [2.05, 4.69) is 0 Å². The summed E-state index contributed by atoms with van der Waals surface area (Å²) in [5.74, 6) is -0.913. The molecule has 0 radical (unpaired) electrons. The van der Waals surface area contributed by atoms with Crippen molar-refractivity contribution in [3.05, 3.63) is 29.1 Å². The van der Waals surface area contributed by atoms with Crippen LogP contribution in [0.25, 0.3) is 0 Å². The molecule has 0 spiro atoms. The standard InChI is InChI=1S/C12H15FN2O.ClH/c1-7(2)3-11(15)9-4-8(6-14)5-10(13)12(9)16;/h4-5,7,11,16H,3,15H2,1-2H3;1H/t11-;/m0./s1. The van der Waals surface area contributed by atoms with Crippen LogP contribution in [-0.2, 0) is 0 Å². The molecule has 3 N–H and O–H groups in total. The van der Waals surface area contributed by atoms with Crippen molar-refractivity contribution in [2.24, 2.45) is 11.7 Å². The first-order valence-corrected chi connectivity index (χ1v) is 5.13. The van der Waals surface area contributed by atoms with Gasteiger partial charge in [-0.1, -0.05) is 13.8 Å². The van der Waals surface area contributed by atoms with Crippen molar-refractivity contribution in [2.75, 3.05) is 0 Å². The zero-order chi connectivity index (χ0) is 12.3. The summed E-state index contributed by atoms with van der Waals surface area (Å²) in [4.78, 5) is 0. The number of aromatic hydroxyl groups is 1. The number of benzene rings is 1. The first-order chi connectivity index (χ1) is 7.45. The first kappa shape index (κ1) is 15.7. The van der Waals surface area contributed by atoms with Gasteiger partial charge in [0.05, 0.1) is 11.6 Å². The third-order valence-electron chi connectivity index (χ3n) is 2.35. The molecular weight excluding hydrogens is 243 g/mol. The molecule has 1 aromatic carbocycles. The molecule has 1 aromatic rings. The van der Waals surface area contributed by atoms with Crippen LogP contribution in [0.4, 0.5) is 4.39 Å². The summed E-state index contributed by atoms with van der Waals surface area (Å²) in [5.41, 5.74) is 6.32. The lowest BCUT2D eigenvalue weighted by Gasteiger charge is -2.16. The van der Waals surface area contributed by atoms with Crippen molar-refractivity contribution in [2.45, 2.75) is 26.3 Å². The minimum atomic E-state index is -0.798. The quantitative estimate of drug-likeness (QED) is 0.876. The minimum absolute atomic E-state index is 0. The first-order valence-electron chi connectivity index (χ1n) is 5.13. The van der Waals surface area contributed by atoms with E-state index in [0.29, 0.717) is 17.9 Å². The Morgan fingerprint density at radius 3 is 2.53 bits per heavy atom. The van der Waals surface area contributed by atoms with Gasteiger partial charge in [-0.3, -0.25) is 0 Å². The summed E-state index contributed by atoms with van der Waals surface area (Å²) in [6.07, 6.45) is 0.627. The van der Waals surface area contributed by atoms with E-state index in [-0.39, 0.29) is 18.0 Å². The predicted octanol–water partition coefficient (Wildman–Crippen LogP) is 2.87. The number of halogens is 2. The highest BCUT2D eigenvalue weighted by Crippen LogP contribution is 2.30. The Kier molecular flexibility index (Phi) is 5.94. The van der Waals surface area contributed by atoms with E-state index >= 15 is 0 Å². The molecule has 1 atom stereocenters. The Labute approximate surface area is 106 Å². The Balaban J connectivity index is 0.00000256. The van der Waals surface area contributed by atoms with Crippen LogP contribution in [0, 0.1) is 23.1 Å². The molecule has 0 saturated heterocycles. The molecule has 0 aliphatic heterocycles. The molecule has 17 heavy (non-hydrogen) atoms. The van der Waals surface area contributed by atoms with Gasteiger partial charge in [0.15, 0.2) is 11.6 Å². The average molecular weight is 259 g/mol. The molecule has 0 saturated carbocycles. The van der Waals surface area contributed by atoms with E-state index in [0.717, 1.165) is 6.07 Å². The summed E-state index contributed by atoms with van der Waals surface area (Å²) in [7, 11) is 0. The van der Waals surface area contributed by atoms with Gasteiger partial charge in [-0.25, -0.2) is 4.39 Å². The Morgan fingerprint density at radius 1 is 1.47 bits per heavy atom. The molecule has 1 rings (SSSR count). The monoisotopic (exact) mass is 258 g/mol. The van der Waals surface area contributed by atoms with Gasteiger partial charge in [-0.05, 0) is 24.5 Å². The van der Waals surface area contributed by atoms with Gasteiger partial charge in [0, 0.05) is 11.6 Å². The second-order valence-corrected chi connectivity index (χ2v) is 4.24. The maximum atomic E-state index is 13.3. The fourth-order valence-corrected chi connectivity index (χ4v) is 1.60. The topological polar surface area (TPSA) is 70.0 Å². The fraction of sp³-hybridized carbons (Fsp3) is 0.417. The van der Waals surface area contributed by atoms with E-state index < -0.39 is 17.6 Å². The predicted molar refractivity (Wildman–Crippen MR) is 66.4 cm³/mol. The minimum Gasteiger partial charge on any atom is -0.505 e. The summed E-state index contributed by atoms with van der Waals surface area (Å²) in [6, 6.07) is 3.82. The van der Waals surface area contributed by atoms with E-state index in [4.69, 9.17) is 11.0 Å². The van der Waals surface area contributed by atoms with E-state index in [1.54, 1.807) is 0 Å². The molecule has 0 fully saturated rings. The van der Waals surface area contributed by atoms with Crippen molar-refractivity contribution in [3.8, 4) is 11.8 Å². The van der Waals surface area contributed by atoms with E-state index in [9.17, 15) is 9.50 Å². The zero-order valence-electron chi connectivity index (χ0n) is 9.77. The highest BCUT2D eigenvalue weighted by Gasteiger charge is 2.17. The zero-order valence-corrected chi connectivity index (χ0v) is 10.6. The Morgan fingerprint density at radius 2 is 2.06 bits per heavy atom. The highest BCUT2D eigenvalue weighted by molar-refractivity contribution is 5.85. The van der Waals surface area contributed by atoms with Gasteiger partial charge in [-0.2, -0.15) is 5.26 Å². The van der Waals surface area contributed by atoms with Crippen LogP contribution in [0.15, 0.2) is 12.1 Å². The number of nitrogens with two attached hydrogens (primary N) is 1. The molecule has 3 nitrogen and oxygen atoms in total. The summed E-state index contributed by atoms with van der Waals surface area (Å²) in [6.45, 7) is 3.98. The van der Waals surface area contributed by atoms with Crippen LogP contribution >= 0.6 is 12.4 Å². The van der Waals surface area contributed by atoms with Gasteiger partial charge in [0.2, 0.25) is 0 Å². The van der Waals surface area contributed by atoms with Crippen LogP contribution in [0.3, 0.4) is 0 Å². The van der Waals surface area contributed by atoms with Crippen molar-refractivity contribution in [1.82, 2.24) is 0 Å². The smallest absolute Gasteiger partial charge is 0.166 e. The van der Waals surface area contributed by atoms with Gasteiger partial charge in [0.25, 0.3) is 0 Å². The van der Waals surface area contributed by atoms with E-state index in [1.165, 1.54) is 6.07 Å². The maximum Gasteiger partial charge on any atom is 0.166 e. The van der Waals surface area contributed by atoms with Crippen LogP contribution in [0.1, 0.15) is 37.4 Å². The third-order valence-corrected chi connectivity index (χ3v) is 2.35. The van der Waals surface area contributed by atoms with Crippen molar-refractivity contribution in [1.29, 1.82) is 5.26 Å². The molecule has 94 valence electrons. The second kappa shape index (κ2) is 6.43. The maximum absolute atomic E-state index is 13.3. The number of nitrogens with zero attached hydrogens (tertiary/aromatic N) is 1. The number of phenols is 1. The van der Waals surface area contributed by atoms with Crippen molar-refractivity contribution < 1.29 is 9.50 Å². The molecule has 5 heteroatoms. The van der Waals surface area contributed by atoms with Crippen LogP contribution < -0.4 is 5.73 Å². The molecule has 0 aromatic heterocycles. The van der Waals surface area contributed by atoms with Gasteiger partial charge in [-0.15, -0.1) is 12.4 Å². The number of nitriles is 1. The normalized spacial score (nSPS) is 11.8. The van der Waals surface area contributed by atoms with Gasteiger partial charge in [0.1, 0.15) is 0 Å². The molecule has 0 amide bonds. The van der Waals surface area contributed by atoms with Crippen LogP contribution in [-0.4, -0.2) is 5.11 Å². The van der Waals surface area contributed by atoms with E-state index in [1.807, 2.05) is 19.9 Å². The summed E-state index contributed by atoms with van der Waals surface area (Å²) in [5, 5.41) is 18.2. The lowest BCUT2D eigenvalue weighted by atomic mass is 9.95. The molecule has 0 aliphatic rings. The lowest BCUT2D eigenvalue weighted by molar-refractivity contribution is 0.411. The fourth-order valence-electron chi connectivity index (χ4n) is 1.60. The number of phenolic OH excluding ortho intramolecular Hbond substituents is 1. The Bertz CT molecular complexity index is 429.